The van der Waals surface area contributed by atoms with Crippen LogP contribution in [0.2, 0.25) is 0 Å². The first-order chi connectivity index (χ1) is 17.3. The quantitative estimate of drug-likeness (QED) is 0.118. The molecule has 0 saturated carbocycles. The third kappa shape index (κ3) is 4.16. The number of ketones is 1. The van der Waals surface area contributed by atoms with Crippen molar-refractivity contribution < 1.29 is 29.5 Å². The van der Waals surface area contributed by atoms with E-state index in [9.17, 15) is 29.5 Å². The van der Waals surface area contributed by atoms with Crippen LogP contribution in [0.1, 0.15) is 25.1 Å². The second-order valence-corrected chi connectivity index (χ2v) is 10.7. The van der Waals surface area contributed by atoms with Crippen molar-refractivity contribution in [3.63, 3.8) is 0 Å². The number of likely N-dealkylation sites (tertiary alicyclic amines) is 1. The number of nitrogens with one attached hydrogen (secondary N) is 1. The third-order valence-corrected chi connectivity index (χ3v) is 8.62. The summed E-state index contributed by atoms with van der Waals surface area (Å²) in [7, 11) is 0. The van der Waals surface area contributed by atoms with Crippen molar-refractivity contribution in [1.29, 1.82) is 0 Å². The first-order valence-electron chi connectivity index (χ1n) is 11.3. The molecule has 5 rings (SSSR count). The van der Waals surface area contributed by atoms with E-state index in [-0.39, 0.29) is 40.8 Å². The van der Waals surface area contributed by atoms with Crippen LogP contribution in [0.4, 0.5) is 5.13 Å². The van der Waals surface area contributed by atoms with E-state index in [1.54, 1.807) is 6.08 Å². The van der Waals surface area contributed by atoms with Crippen LogP contribution >= 0.6 is 23.3 Å². The molecule has 1 aromatic heterocycles. The lowest BCUT2D eigenvalue weighted by Gasteiger charge is -2.49. The summed E-state index contributed by atoms with van der Waals surface area (Å²) in [6.45, 7) is 2.20. The minimum atomic E-state index is -1.27. The van der Waals surface area contributed by atoms with Crippen LogP contribution in [-0.4, -0.2) is 95.6 Å². The lowest BCUT2D eigenvalue weighted by Crippen LogP contribution is -2.62. The number of carbonyl (C=O) groups is 4. The fourth-order valence-electron chi connectivity index (χ4n) is 4.97. The lowest BCUT2D eigenvalue weighted by molar-refractivity contribution is -0.153. The van der Waals surface area contributed by atoms with Crippen LogP contribution in [0.15, 0.2) is 28.1 Å². The number of hydrogen-bond donors (Lipinski definition) is 4. The Morgan fingerprint density at radius 2 is 2.14 bits per heavy atom. The smallest absolute Gasteiger partial charge is 0.352 e. The SMILES string of the molecule is Nc1nc(/C(=N/O)C(=O)CC2C(=O)N3C(C(=O)O)=C(/C=C4\CCN([C@@H]5CCNC5)C4=O)CS[C@H]23)ns1. The van der Waals surface area contributed by atoms with Gasteiger partial charge in [-0.05, 0) is 31.0 Å². The molecule has 0 aromatic carbocycles. The summed E-state index contributed by atoms with van der Waals surface area (Å²) in [6.07, 6.45) is 2.72. The van der Waals surface area contributed by atoms with Crippen molar-refractivity contribution in [2.24, 2.45) is 11.1 Å². The van der Waals surface area contributed by atoms with Crippen molar-refractivity contribution in [1.82, 2.24) is 24.5 Å². The normalized spacial score (nSPS) is 27.6. The van der Waals surface area contributed by atoms with Gasteiger partial charge < -0.3 is 26.3 Å². The standard InChI is InChI=1S/C21H23N7O6S2/c22-21-24-16(26-36-21)14(25-34)13(29)6-12-18(31)28-15(20(32)33)10(8-35-19(12)28)5-9-2-4-27(17(9)30)11-1-3-23-7-11/h5,11-12,19,23,34H,1-4,6-8H2,(H,32,33)(H2,22,24,26)/b9-5+,25-14+/t11-,12?,19-/m1/s1. The predicted molar refractivity (Wildman–Crippen MR) is 129 cm³/mol. The number of nitrogens with two attached hydrogens (primary N) is 1. The molecule has 0 bridgehead atoms. The zero-order valence-electron chi connectivity index (χ0n) is 18.9. The number of carbonyl (C=O) groups excluding carboxylic acids is 3. The van der Waals surface area contributed by atoms with E-state index in [0.717, 1.165) is 31.0 Å². The molecule has 0 spiro atoms. The Bertz CT molecular complexity index is 1230. The van der Waals surface area contributed by atoms with E-state index in [1.807, 2.05) is 4.90 Å². The average molecular weight is 534 g/mol. The number of carboxylic acids is 1. The van der Waals surface area contributed by atoms with E-state index in [4.69, 9.17) is 5.73 Å². The molecule has 36 heavy (non-hydrogen) atoms. The number of rotatable bonds is 7. The van der Waals surface area contributed by atoms with E-state index in [2.05, 4.69) is 19.8 Å². The molecule has 3 saturated heterocycles. The highest BCUT2D eigenvalue weighted by Crippen LogP contribution is 2.46. The molecular formula is C21H23N7O6S2. The van der Waals surface area contributed by atoms with E-state index in [1.165, 1.54) is 16.7 Å². The first kappa shape index (κ1) is 24.4. The van der Waals surface area contributed by atoms with Crippen molar-refractivity contribution in [2.45, 2.75) is 30.7 Å². The van der Waals surface area contributed by atoms with E-state index >= 15 is 0 Å². The molecule has 5 N–H and O–H groups in total. The number of hydrogen-bond acceptors (Lipinski definition) is 12. The highest BCUT2D eigenvalue weighted by atomic mass is 32.2. The molecule has 3 atom stereocenters. The Balaban J connectivity index is 1.33. The summed E-state index contributed by atoms with van der Waals surface area (Å²) in [5, 5.41) is 24.9. The second-order valence-electron chi connectivity index (χ2n) is 8.79. The molecule has 1 aromatic rings. The maximum atomic E-state index is 13.0. The Kier molecular flexibility index (Phi) is 6.53. The topological polar surface area (TPSA) is 191 Å². The minimum absolute atomic E-state index is 0.0920. The van der Waals surface area contributed by atoms with Crippen LogP contribution in [0.5, 0.6) is 0 Å². The summed E-state index contributed by atoms with van der Waals surface area (Å²) in [4.78, 5) is 57.6. The number of carboxylic acid groups (broad SMARTS) is 1. The number of anilines is 1. The number of nitrogen functional groups attached to an aromatic ring is 1. The van der Waals surface area contributed by atoms with Gasteiger partial charge in [0.05, 0.1) is 11.3 Å². The van der Waals surface area contributed by atoms with Gasteiger partial charge >= 0.3 is 5.97 Å². The molecule has 13 nitrogen and oxygen atoms in total. The first-order valence-corrected chi connectivity index (χ1v) is 13.1. The van der Waals surface area contributed by atoms with Crippen LogP contribution in [0.3, 0.4) is 0 Å². The van der Waals surface area contributed by atoms with Crippen LogP contribution in [-0.2, 0) is 19.2 Å². The average Bonchev–Trinajstić information content (AvgIpc) is 3.60. The molecule has 0 aliphatic carbocycles. The monoisotopic (exact) mass is 533 g/mol. The molecule has 5 heterocycles. The van der Waals surface area contributed by atoms with Crippen molar-refractivity contribution >= 4 is 57.7 Å². The Morgan fingerprint density at radius 3 is 2.78 bits per heavy atom. The Morgan fingerprint density at radius 1 is 1.33 bits per heavy atom. The molecule has 2 amide bonds. The van der Waals surface area contributed by atoms with Crippen molar-refractivity contribution in [3.05, 3.63) is 28.7 Å². The zero-order chi connectivity index (χ0) is 25.6. The fourth-order valence-corrected chi connectivity index (χ4v) is 6.78. The predicted octanol–water partition coefficient (Wildman–Crippen LogP) is -0.352. The largest absolute Gasteiger partial charge is 0.477 e. The van der Waals surface area contributed by atoms with Gasteiger partial charge in [-0.15, -0.1) is 11.8 Å². The minimum Gasteiger partial charge on any atom is -0.477 e. The number of oxime groups is 1. The molecule has 15 heteroatoms. The number of aliphatic carboxylic acids is 1. The third-order valence-electron chi connectivity index (χ3n) is 6.71. The van der Waals surface area contributed by atoms with Gasteiger partial charge in [0.25, 0.3) is 0 Å². The van der Waals surface area contributed by atoms with Gasteiger partial charge in [0.1, 0.15) is 5.70 Å². The second kappa shape index (κ2) is 9.63. The lowest BCUT2D eigenvalue weighted by atomic mass is 9.89. The summed E-state index contributed by atoms with van der Waals surface area (Å²) in [5.41, 5.74) is 5.88. The summed E-state index contributed by atoms with van der Waals surface area (Å²) in [6, 6.07) is 0.139. The summed E-state index contributed by atoms with van der Waals surface area (Å²) < 4.78 is 3.86. The highest BCUT2D eigenvalue weighted by Gasteiger charge is 2.54. The highest BCUT2D eigenvalue weighted by molar-refractivity contribution is 8.00. The van der Waals surface area contributed by atoms with E-state index < -0.39 is 34.7 Å². The number of fused-ring (bicyclic) bond motifs is 1. The fraction of sp³-hybridized carbons (Fsp3) is 0.476. The number of aromatic nitrogens is 2. The van der Waals surface area contributed by atoms with Crippen LogP contribution in [0.25, 0.3) is 0 Å². The van der Waals surface area contributed by atoms with Crippen molar-refractivity contribution in [3.8, 4) is 0 Å². The number of amides is 2. The van der Waals surface area contributed by atoms with Crippen LogP contribution in [0, 0.1) is 5.92 Å². The van der Waals surface area contributed by atoms with Gasteiger partial charge in [0.15, 0.2) is 16.6 Å². The molecule has 4 aliphatic heterocycles. The molecule has 0 radical (unpaired) electrons. The van der Waals surface area contributed by atoms with Gasteiger partial charge in [-0.25, -0.2) is 4.79 Å². The summed E-state index contributed by atoms with van der Waals surface area (Å²) in [5.74, 6) is -3.20. The molecule has 190 valence electrons. The molecule has 1 unspecified atom stereocenters. The van der Waals surface area contributed by atoms with Crippen molar-refractivity contribution in [2.75, 3.05) is 31.1 Å². The van der Waals surface area contributed by atoms with Gasteiger partial charge in [-0.3, -0.25) is 19.3 Å². The molecular weight excluding hydrogens is 510 g/mol. The Hall–Kier alpha value is -3.30. The number of allylic oxidation sites excluding steroid dienone is 1. The molecule has 4 aliphatic rings. The molecule has 3 fully saturated rings. The maximum absolute atomic E-state index is 13.0. The van der Waals surface area contributed by atoms with Crippen LogP contribution < -0.4 is 11.1 Å². The number of thioether (sulfide) groups is 1. The van der Waals surface area contributed by atoms with Gasteiger partial charge in [0.2, 0.25) is 17.6 Å². The zero-order valence-corrected chi connectivity index (χ0v) is 20.5. The maximum Gasteiger partial charge on any atom is 0.352 e. The number of Topliss-reactive ketones (excluding diaryl/α,β-unsaturated/α-hetero) is 1. The number of nitrogens with zero attached hydrogens (tertiary/aromatic N) is 5. The van der Waals surface area contributed by atoms with E-state index in [0.29, 0.717) is 24.1 Å². The van der Waals surface area contributed by atoms with Gasteiger partial charge in [0, 0.05) is 48.4 Å². The summed E-state index contributed by atoms with van der Waals surface area (Å²) >= 11 is 2.16. The number of β-lactam (4-membered cyclic amide) rings is 1. The van der Waals surface area contributed by atoms with Gasteiger partial charge in [-0.1, -0.05) is 5.16 Å². The Labute approximate surface area is 213 Å². The van der Waals surface area contributed by atoms with Gasteiger partial charge in [-0.2, -0.15) is 9.36 Å².